The predicted octanol–water partition coefficient (Wildman–Crippen LogP) is 2.21. The maximum atomic E-state index is 11.8. The number of benzene rings is 1. The Morgan fingerprint density at radius 2 is 2.24 bits per heavy atom. The van der Waals surface area contributed by atoms with Gasteiger partial charge in [-0.15, -0.1) is 11.6 Å². The third kappa shape index (κ3) is 2.91. The number of carbonyl (C=O) groups is 1. The maximum absolute atomic E-state index is 11.8. The minimum absolute atomic E-state index is 0.0315. The van der Waals surface area contributed by atoms with Crippen molar-refractivity contribution in [1.29, 1.82) is 0 Å². The highest BCUT2D eigenvalue weighted by molar-refractivity contribution is 6.18. The van der Waals surface area contributed by atoms with Gasteiger partial charge in [-0.05, 0) is 37.0 Å². The molecule has 0 heterocycles. The van der Waals surface area contributed by atoms with E-state index in [1.165, 1.54) is 0 Å². The molecule has 0 unspecified atom stereocenters. The van der Waals surface area contributed by atoms with Gasteiger partial charge in [-0.25, -0.2) is 0 Å². The van der Waals surface area contributed by atoms with E-state index in [-0.39, 0.29) is 23.6 Å². The topological polar surface area (TPSA) is 49.3 Å². The number of halogens is 1. The Kier molecular flexibility index (Phi) is 3.57. The van der Waals surface area contributed by atoms with Crippen molar-refractivity contribution in [1.82, 2.24) is 5.32 Å². The van der Waals surface area contributed by atoms with Crippen molar-refractivity contribution in [3.63, 3.8) is 0 Å². The molecule has 92 valence electrons. The van der Waals surface area contributed by atoms with Crippen LogP contribution in [-0.2, 0) is 11.2 Å². The van der Waals surface area contributed by atoms with Gasteiger partial charge in [0.2, 0.25) is 5.91 Å². The number of rotatable bonds is 4. The summed E-state index contributed by atoms with van der Waals surface area (Å²) in [5.41, 5.74) is 0.627. The van der Waals surface area contributed by atoms with Crippen molar-refractivity contribution in [2.24, 2.45) is 0 Å². The number of aromatic hydroxyl groups is 1. The fraction of sp³-hybridized carbons (Fsp3) is 0.462. The summed E-state index contributed by atoms with van der Waals surface area (Å²) in [7, 11) is 0. The molecule has 0 bridgehead atoms. The number of hydrogen-bond donors (Lipinski definition) is 2. The average molecular weight is 254 g/mol. The van der Waals surface area contributed by atoms with E-state index < -0.39 is 0 Å². The summed E-state index contributed by atoms with van der Waals surface area (Å²) in [6.07, 6.45) is 3.33. The summed E-state index contributed by atoms with van der Waals surface area (Å²) >= 11 is 5.88. The van der Waals surface area contributed by atoms with Crippen molar-refractivity contribution in [2.75, 3.05) is 5.88 Å². The summed E-state index contributed by atoms with van der Waals surface area (Å²) in [6.45, 7) is 0. The van der Waals surface area contributed by atoms with E-state index in [1.807, 2.05) is 6.07 Å². The zero-order chi connectivity index (χ0) is 12.3. The lowest BCUT2D eigenvalue weighted by Crippen LogP contribution is -2.55. The van der Waals surface area contributed by atoms with E-state index in [1.54, 1.807) is 18.2 Å². The average Bonchev–Trinajstić information content (AvgIpc) is 2.23. The van der Waals surface area contributed by atoms with Gasteiger partial charge in [-0.1, -0.05) is 12.1 Å². The molecule has 17 heavy (non-hydrogen) atoms. The SMILES string of the molecule is O=C(Cc1cccc(O)c1)NC1(CCl)CCC1. The molecule has 4 heteroatoms. The molecule has 1 aromatic carbocycles. The van der Waals surface area contributed by atoms with Crippen LogP contribution >= 0.6 is 11.6 Å². The van der Waals surface area contributed by atoms with Crippen LogP contribution in [-0.4, -0.2) is 22.4 Å². The van der Waals surface area contributed by atoms with Gasteiger partial charge in [0.05, 0.1) is 12.0 Å². The van der Waals surface area contributed by atoms with Crippen LogP contribution in [0.4, 0.5) is 0 Å². The number of alkyl halides is 1. The number of phenols is 1. The van der Waals surface area contributed by atoms with E-state index in [9.17, 15) is 9.90 Å². The molecule has 0 saturated heterocycles. The molecule has 1 amide bonds. The Bertz CT molecular complexity index is 410. The molecule has 0 radical (unpaired) electrons. The standard InChI is InChI=1S/C13H16ClNO2/c14-9-13(5-2-6-13)15-12(17)8-10-3-1-4-11(16)7-10/h1,3-4,7,16H,2,5-6,8-9H2,(H,15,17). The van der Waals surface area contributed by atoms with Crippen LogP contribution in [0.3, 0.4) is 0 Å². The molecular weight excluding hydrogens is 238 g/mol. The molecule has 1 aliphatic rings. The second-order valence-electron chi connectivity index (χ2n) is 4.66. The monoisotopic (exact) mass is 253 g/mol. The highest BCUT2D eigenvalue weighted by Crippen LogP contribution is 2.32. The number of carbonyl (C=O) groups excluding carboxylic acids is 1. The third-order valence-corrected chi connectivity index (χ3v) is 3.76. The first-order valence-electron chi connectivity index (χ1n) is 5.78. The van der Waals surface area contributed by atoms with Crippen LogP contribution in [0.5, 0.6) is 5.75 Å². The highest BCUT2D eigenvalue weighted by atomic mass is 35.5. The Hall–Kier alpha value is -1.22. The van der Waals surface area contributed by atoms with Gasteiger partial charge in [0, 0.05) is 5.88 Å². The first-order chi connectivity index (χ1) is 8.13. The minimum atomic E-state index is -0.185. The number of amides is 1. The number of hydrogen-bond acceptors (Lipinski definition) is 2. The molecule has 3 nitrogen and oxygen atoms in total. The Morgan fingerprint density at radius 1 is 1.47 bits per heavy atom. The van der Waals surface area contributed by atoms with E-state index >= 15 is 0 Å². The van der Waals surface area contributed by atoms with Crippen molar-refractivity contribution < 1.29 is 9.90 Å². The van der Waals surface area contributed by atoms with Crippen molar-refractivity contribution >= 4 is 17.5 Å². The van der Waals surface area contributed by atoms with Crippen molar-refractivity contribution in [3.05, 3.63) is 29.8 Å². The van der Waals surface area contributed by atoms with Gasteiger partial charge < -0.3 is 10.4 Å². The molecule has 1 saturated carbocycles. The first kappa shape index (κ1) is 12.2. The van der Waals surface area contributed by atoms with Gasteiger partial charge >= 0.3 is 0 Å². The van der Waals surface area contributed by atoms with Crippen LogP contribution in [0, 0.1) is 0 Å². The van der Waals surface area contributed by atoms with E-state index in [0.717, 1.165) is 24.8 Å². The molecule has 1 aliphatic carbocycles. The molecular formula is C13H16ClNO2. The summed E-state index contributed by atoms with van der Waals surface area (Å²) in [5.74, 6) is 0.626. The van der Waals surface area contributed by atoms with Crippen LogP contribution in [0.15, 0.2) is 24.3 Å². The fourth-order valence-corrected chi connectivity index (χ4v) is 2.42. The zero-order valence-corrected chi connectivity index (χ0v) is 10.3. The molecule has 0 aliphatic heterocycles. The fourth-order valence-electron chi connectivity index (χ4n) is 2.09. The van der Waals surface area contributed by atoms with Gasteiger partial charge in [-0.2, -0.15) is 0 Å². The van der Waals surface area contributed by atoms with Crippen LogP contribution < -0.4 is 5.32 Å². The molecule has 1 aromatic rings. The van der Waals surface area contributed by atoms with Crippen LogP contribution in [0.25, 0.3) is 0 Å². The molecule has 1 fully saturated rings. The Balaban J connectivity index is 1.93. The highest BCUT2D eigenvalue weighted by Gasteiger charge is 2.37. The lowest BCUT2D eigenvalue weighted by Gasteiger charge is -2.41. The first-order valence-corrected chi connectivity index (χ1v) is 6.32. The van der Waals surface area contributed by atoms with Crippen molar-refractivity contribution in [3.8, 4) is 5.75 Å². The Labute approximate surface area is 106 Å². The molecule has 0 spiro atoms. The largest absolute Gasteiger partial charge is 0.508 e. The normalized spacial score (nSPS) is 17.2. The van der Waals surface area contributed by atoms with Crippen molar-refractivity contribution in [2.45, 2.75) is 31.2 Å². The lowest BCUT2D eigenvalue weighted by atomic mass is 9.78. The van der Waals surface area contributed by atoms with Gasteiger partial charge in [-0.3, -0.25) is 4.79 Å². The molecule has 2 rings (SSSR count). The van der Waals surface area contributed by atoms with E-state index in [0.29, 0.717) is 5.88 Å². The van der Waals surface area contributed by atoms with Crippen LogP contribution in [0.1, 0.15) is 24.8 Å². The second kappa shape index (κ2) is 4.96. The predicted molar refractivity (Wildman–Crippen MR) is 67.3 cm³/mol. The van der Waals surface area contributed by atoms with Crippen LogP contribution in [0.2, 0.25) is 0 Å². The molecule has 2 N–H and O–H groups in total. The van der Waals surface area contributed by atoms with Gasteiger partial charge in [0.1, 0.15) is 5.75 Å². The van der Waals surface area contributed by atoms with Gasteiger partial charge in [0.25, 0.3) is 0 Å². The summed E-state index contributed by atoms with van der Waals surface area (Å²) in [5, 5.41) is 12.3. The summed E-state index contributed by atoms with van der Waals surface area (Å²) in [4.78, 5) is 11.8. The zero-order valence-electron chi connectivity index (χ0n) is 9.58. The smallest absolute Gasteiger partial charge is 0.224 e. The minimum Gasteiger partial charge on any atom is -0.508 e. The lowest BCUT2D eigenvalue weighted by molar-refractivity contribution is -0.123. The summed E-state index contributed by atoms with van der Waals surface area (Å²) in [6, 6.07) is 6.76. The summed E-state index contributed by atoms with van der Waals surface area (Å²) < 4.78 is 0. The molecule has 0 atom stereocenters. The number of nitrogens with one attached hydrogen (secondary N) is 1. The maximum Gasteiger partial charge on any atom is 0.224 e. The Morgan fingerprint density at radius 3 is 2.76 bits per heavy atom. The van der Waals surface area contributed by atoms with Gasteiger partial charge in [0.15, 0.2) is 0 Å². The van der Waals surface area contributed by atoms with E-state index in [4.69, 9.17) is 11.6 Å². The number of phenolic OH excluding ortho intramolecular Hbond substituents is 1. The quantitative estimate of drug-likeness (QED) is 0.809. The third-order valence-electron chi connectivity index (χ3n) is 3.25. The second-order valence-corrected chi connectivity index (χ2v) is 4.93. The molecule has 0 aromatic heterocycles. The van der Waals surface area contributed by atoms with E-state index in [2.05, 4.69) is 5.32 Å².